The molecule has 21 heavy (non-hydrogen) atoms. The summed E-state index contributed by atoms with van der Waals surface area (Å²) in [6, 6.07) is 8.73. The minimum atomic E-state index is 0.343. The highest BCUT2D eigenvalue weighted by Gasteiger charge is 2.41. The van der Waals surface area contributed by atoms with Gasteiger partial charge in [-0.05, 0) is 59.7 Å². The Morgan fingerprint density at radius 1 is 1.38 bits per heavy atom. The first-order chi connectivity index (χ1) is 10.2. The molecule has 1 unspecified atom stereocenters. The molecule has 112 valence electrons. The molecular formula is C16H23N5. The molecule has 1 aromatic heterocycles. The molecule has 1 heterocycles. The maximum atomic E-state index is 3.94. The number of hydrogen-bond donors (Lipinski definition) is 1. The van der Waals surface area contributed by atoms with Gasteiger partial charge in [0.1, 0.15) is 6.33 Å². The zero-order valence-corrected chi connectivity index (χ0v) is 12.8. The van der Waals surface area contributed by atoms with Gasteiger partial charge in [0.05, 0.1) is 5.69 Å². The zero-order chi connectivity index (χ0) is 14.7. The van der Waals surface area contributed by atoms with Crippen molar-refractivity contribution in [3.8, 4) is 5.69 Å². The lowest BCUT2D eigenvalue weighted by atomic mass is 9.99. The smallest absolute Gasteiger partial charge is 0.143 e. The molecule has 1 atom stereocenters. The summed E-state index contributed by atoms with van der Waals surface area (Å²) < 4.78 is 1.69. The van der Waals surface area contributed by atoms with Gasteiger partial charge in [-0.1, -0.05) is 25.5 Å². The molecule has 0 bridgehead atoms. The summed E-state index contributed by atoms with van der Waals surface area (Å²) in [5.74, 6) is 0. The molecule has 0 amide bonds. The van der Waals surface area contributed by atoms with Gasteiger partial charge in [-0.2, -0.15) is 0 Å². The minimum Gasteiger partial charge on any atom is -0.310 e. The van der Waals surface area contributed by atoms with E-state index in [1.807, 2.05) is 6.07 Å². The van der Waals surface area contributed by atoms with Crippen LogP contribution >= 0.6 is 0 Å². The van der Waals surface area contributed by atoms with Crippen molar-refractivity contribution in [1.82, 2.24) is 25.5 Å². The van der Waals surface area contributed by atoms with Crippen LogP contribution in [0.1, 0.15) is 51.1 Å². The van der Waals surface area contributed by atoms with Gasteiger partial charge in [0, 0.05) is 12.6 Å². The summed E-state index contributed by atoms with van der Waals surface area (Å²) >= 11 is 0. The van der Waals surface area contributed by atoms with Crippen molar-refractivity contribution < 1.29 is 0 Å². The van der Waals surface area contributed by atoms with Gasteiger partial charge in [-0.15, -0.1) is 5.10 Å². The van der Waals surface area contributed by atoms with Gasteiger partial charge in [0.25, 0.3) is 0 Å². The monoisotopic (exact) mass is 285 g/mol. The molecule has 0 spiro atoms. The van der Waals surface area contributed by atoms with Crippen LogP contribution in [0.4, 0.5) is 0 Å². The highest BCUT2D eigenvalue weighted by molar-refractivity contribution is 5.35. The summed E-state index contributed by atoms with van der Waals surface area (Å²) in [7, 11) is 0. The zero-order valence-electron chi connectivity index (χ0n) is 12.8. The molecule has 0 aliphatic heterocycles. The van der Waals surface area contributed by atoms with Gasteiger partial charge >= 0.3 is 0 Å². The second kappa shape index (κ2) is 5.93. The van der Waals surface area contributed by atoms with E-state index in [2.05, 4.69) is 52.9 Å². The highest BCUT2D eigenvalue weighted by atomic mass is 15.5. The maximum absolute atomic E-state index is 3.94. The van der Waals surface area contributed by atoms with E-state index in [1.165, 1.54) is 31.2 Å². The third-order valence-corrected chi connectivity index (χ3v) is 4.50. The molecule has 0 saturated heterocycles. The van der Waals surface area contributed by atoms with E-state index in [4.69, 9.17) is 0 Å². The van der Waals surface area contributed by atoms with Gasteiger partial charge in [-0.3, -0.25) is 0 Å². The van der Waals surface area contributed by atoms with Crippen molar-refractivity contribution in [3.63, 3.8) is 0 Å². The second-order valence-electron chi connectivity index (χ2n) is 6.20. The van der Waals surface area contributed by atoms with Crippen LogP contribution < -0.4 is 5.32 Å². The Morgan fingerprint density at radius 3 is 2.90 bits per heavy atom. The first-order valence-corrected chi connectivity index (χ1v) is 7.79. The summed E-state index contributed by atoms with van der Waals surface area (Å²) in [6.07, 6.45) is 7.01. The fourth-order valence-corrected chi connectivity index (χ4v) is 2.93. The van der Waals surface area contributed by atoms with Crippen LogP contribution in [0.3, 0.4) is 0 Å². The van der Waals surface area contributed by atoms with Crippen LogP contribution in [0.2, 0.25) is 0 Å². The van der Waals surface area contributed by atoms with E-state index >= 15 is 0 Å². The molecule has 5 nitrogen and oxygen atoms in total. The molecule has 1 aliphatic carbocycles. The van der Waals surface area contributed by atoms with E-state index in [0.29, 0.717) is 11.5 Å². The second-order valence-corrected chi connectivity index (χ2v) is 6.20. The molecule has 2 aromatic rings. The van der Waals surface area contributed by atoms with E-state index in [1.54, 1.807) is 11.0 Å². The Bertz CT molecular complexity index is 574. The van der Waals surface area contributed by atoms with Crippen LogP contribution in [-0.2, 0) is 0 Å². The van der Waals surface area contributed by atoms with Crippen molar-refractivity contribution in [3.05, 3.63) is 36.2 Å². The number of nitrogens with one attached hydrogen (secondary N) is 1. The van der Waals surface area contributed by atoms with Crippen molar-refractivity contribution in [2.24, 2.45) is 5.41 Å². The van der Waals surface area contributed by atoms with Gasteiger partial charge in [-0.25, -0.2) is 4.68 Å². The largest absolute Gasteiger partial charge is 0.310 e. The van der Waals surface area contributed by atoms with Crippen molar-refractivity contribution in [1.29, 1.82) is 0 Å². The molecule has 1 saturated carbocycles. The van der Waals surface area contributed by atoms with Gasteiger partial charge < -0.3 is 5.32 Å². The molecule has 1 aromatic carbocycles. The summed E-state index contributed by atoms with van der Waals surface area (Å²) in [5.41, 5.74) is 2.85. The van der Waals surface area contributed by atoms with E-state index in [-0.39, 0.29) is 0 Å². The molecular weight excluding hydrogens is 262 g/mol. The van der Waals surface area contributed by atoms with Gasteiger partial charge in [0.15, 0.2) is 0 Å². The quantitative estimate of drug-likeness (QED) is 0.850. The summed E-state index contributed by atoms with van der Waals surface area (Å²) in [4.78, 5) is 0. The molecule has 3 rings (SSSR count). The number of rotatable bonds is 7. The van der Waals surface area contributed by atoms with Crippen LogP contribution in [0.25, 0.3) is 5.69 Å². The predicted octanol–water partition coefficient (Wildman–Crippen LogP) is 2.89. The topological polar surface area (TPSA) is 55.6 Å². The lowest BCUT2D eigenvalue weighted by Gasteiger charge is -2.20. The molecule has 1 fully saturated rings. The molecule has 0 radical (unpaired) electrons. The van der Waals surface area contributed by atoms with E-state index < -0.39 is 0 Å². The van der Waals surface area contributed by atoms with Crippen LogP contribution in [0, 0.1) is 5.41 Å². The Hall–Kier alpha value is -1.75. The molecule has 5 heteroatoms. The average Bonchev–Trinajstić information content (AvgIpc) is 3.06. The third-order valence-electron chi connectivity index (χ3n) is 4.50. The lowest BCUT2D eigenvalue weighted by molar-refractivity contribution is 0.397. The lowest BCUT2D eigenvalue weighted by Crippen LogP contribution is -2.26. The van der Waals surface area contributed by atoms with E-state index in [9.17, 15) is 0 Å². The molecule has 1 N–H and O–H groups in total. The normalized spacial score (nSPS) is 17.6. The van der Waals surface area contributed by atoms with Crippen LogP contribution in [0.15, 0.2) is 30.6 Å². The summed E-state index contributed by atoms with van der Waals surface area (Å²) in [5, 5.41) is 15.0. The number of aromatic nitrogens is 4. The molecule has 1 aliphatic rings. The third kappa shape index (κ3) is 3.29. The Labute approximate surface area is 125 Å². The minimum absolute atomic E-state index is 0.343. The first kappa shape index (κ1) is 14.2. The SMILES string of the molecule is CCCC1(CNC(C)c2cccc(-n3cnnn3)c2)CC1. The Kier molecular flexibility index (Phi) is 4.01. The van der Waals surface area contributed by atoms with Crippen LogP contribution in [0.5, 0.6) is 0 Å². The fraction of sp³-hybridized carbons (Fsp3) is 0.562. The van der Waals surface area contributed by atoms with Crippen LogP contribution in [-0.4, -0.2) is 26.8 Å². The van der Waals surface area contributed by atoms with Crippen molar-refractivity contribution in [2.75, 3.05) is 6.54 Å². The average molecular weight is 285 g/mol. The highest BCUT2D eigenvalue weighted by Crippen LogP contribution is 2.49. The first-order valence-electron chi connectivity index (χ1n) is 7.79. The number of tetrazole rings is 1. The van der Waals surface area contributed by atoms with Crippen molar-refractivity contribution in [2.45, 2.75) is 45.6 Å². The maximum Gasteiger partial charge on any atom is 0.143 e. The number of benzene rings is 1. The van der Waals surface area contributed by atoms with E-state index in [0.717, 1.165) is 12.2 Å². The number of nitrogens with zero attached hydrogens (tertiary/aromatic N) is 4. The fourth-order valence-electron chi connectivity index (χ4n) is 2.93. The Balaban J connectivity index is 1.65. The predicted molar refractivity (Wildman–Crippen MR) is 82.1 cm³/mol. The standard InChI is InChI=1S/C16H23N5/c1-3-7-16(8-9-16)11-17-13(2)14-5-4-6-15(10-14)21-12-18-19-20-21/h4-6,10,12-13,17H,3,7-9,11H2,1-2H3. The van der Waals surface area contributed by atoms with Gasteiger partial charge in [0.2, 0.25) is 0 Å². The number of hydrogen-bond acceptors (Lipinski definition) is 4. The summed E-state index contributed by atoms with van der Waals surface area (Å²) in [6.45, 7) is 5.62. The van der Waals surface area contributed by atoms with Crippen molar-refractivity contribution >= 4 is 0 Å². The Morgan fingerprint density at radius 2 is 2.24 bits per heavy atom.